The molecule has 1 N–H and O–H groups in total. The van der Waals surface area contributed by atoms with E-state index < -0.39 is 12.1 Å². The van der Waals surface area contributed by atoms with Crippen LogP contribution in [0.2, 0.25) is 0 Å². The van der Waals surface area contributed by atoms with E-state index in [0.29, 0.717) is 41.6 Å². The number of nitrogens with zero attached hydrogens (tertiary/aromatic N) is 3. The zero-order valence-electron chi connectivity index (χ0n) is 22.5. The first kappa shape index (κ1) is 26.4. The van der Waals surface area contributed by atoms with Crippen molar-refractivity contribution in [3.63, 3.8) is 0 Å². The van der Waals surface area contributed by atoms with Crippen molar-refractivity contribution in [3.05, 3.63) is 76.2 Å². The fourth-order valence-corrected chi connectivity index (χ4v) is 4.93. The van der Waals surface area contributed by atoms with Gasteiger partial charge in [-0.05, 0) is 56.2 Å². The summed E-state index contributed by atoms with van der Waals surface area (Å²) in [6, 6.07) is 12.3. The minimum absolute atomic E-state index is 0.0991. The first-order chi connectivity index (χ1) is 18.7. The SMILES string of the molecule is Cc1ccc2cc1Oc1cccc(c1)CO[C@H]1CN(C(=O)Cc3c(C)noc3C)C[C@@H]1NC(=O)CN(C)C2=O. The van der Waals surface area contributed by atoms with Crippen LogP contribution in [-0.4, -0.2) is 71.5 Å². The molecule has 39 heavy (non-hydrogen) atoms. The molecule has 10 heteroatoms. The Bertz CT molecular complexity index is 1400. The molecule has 3 amide bonds. The van der Waals surface area contributed by atoms with Crippen molar-refractivity contribution >= 4 is 17.7 Å². The van der Waals surface area contributed by atoms with Gasteiger partial charge in [0.1, 0.15) is 17.3 Å². The van der Waals surface area contributed by atoms with E-state index in [0.717, 1.165) is 16.7 Å². The van der Waals surface area contributed by atoms with Gasteiger partial charge in [0.05, 0.1) is 37.4 Å². The third-order valence-corrected chi connectivity index (χ3v) is 7.23. The lowest BCUT2D eigenvalue weighted by atomic mass is 10.1. The molecule has 1 saturated heterocycles. The lowest BCUT2D eigenvalue weighted by Gasteiger charge is -2.23. The number of carbonyl (C=O) groups excluding carboxylic acids is 3. The van der Waals surface area contributed by atoms with Crippen LogP contribution >= 0.6 is 0 Å². The predicted octanol–water partition coefficient (Wildman–Crippen LogP) is 2.93. The van der Waals surface area contributed by atoms with Crippen molar-refractivity contribution in [1.82, 2.24) is 20.3 Å². The van der Waals surface area contributed by atoms with E-state index in [9.17, 15) is 14.4 Å². The van der Waals surface area contributed by atoms with Gasteiger partial charge >= 0.3 is 0 Å². The fraction of sp³-hybridized carbons (Fsp3) is 0.379. The van der Waals surface area contributed by atoms with Crippen molar-refractivity contribution in [3.8, 4) is 11.5 Å². The summed E-state index contributed by atoms with van der Waals surface area (Å²) in [6.07, 6.45) is -0.278. The largest absolute Gasteiger partial charge is 0.457 e. The van der Waals surface area contributed by atoms with E-state index >= 15 is 0 Å². The maximum Gasteiger partial charge on any atom is 0.254 e. The van der Waals surface area contributed by atoms with Crippen LogP contribution < -0.4 is 10.1 Å². The number of likely N-dealkylation sites (tertiary alicyclic amines) is 1. The van der Waals surface area contributed by atoms with Crippen LogP contribution in [0.25, 0.3) is 0 Å². The molecule has 2 aromatic carbocycles. The van der Waals surface area contributed by atoms with Crippen LogP contribution in [0.3, 0.4) is 0 Å². The van der Waals surface area contributed by atoms with E-state index in [-0.39, 0.29) is 37.3 Å². The van der Waals surface area contributed by atoms with Crippen molar-refractivity contribution < 1.29 is 28.4 Å². The minimum Gasteiger partial charge on any atom is -0.457 e. The van der Waals surface area contributed by atoms with Crippen LogP contribution in [0.1, 0.15) is 38.5 Å². The third kappa shape index (κ3) is 5.80. The molecule has 1 aromatic heterocycles. The van der Waals surface area contributed by atoms with E-state index in [1.807, 2.05) is 44.2 Å². The number of ether oxygens (including phenoxy) is 2. The number of aromatic nitrogens is 1. The van der Waals surface area contributed by atoms with Gasteiger partial charge < -0.3 is 29.1 Å². The van der Waals surface area contributed by atoms with Crippen molar-refractivity contribution in [2.75, 3.05) is 26.7 Å². The maximum absolute atomic E-state index is 13.2. The number of hydrogen-bond acceptors (Lipinski definition) is 7. The number of fused-ring (bicyclic) bond motifs is 5. The number of aryl methyl sites for hydroxylation is 3. The van der Waals surface area contributed by atoms with Gasteiger partial charge in [-0.15, -0.1) is 0 Å². The van der Waals surface area contributed by atoms with Crippen LogP contribution in [0.4, 0.5) is 0 Å². The van der Waals surface area contributed by atoms with E-state index in [1.165, 1.54) is 4.90 Å². The first-order valence-corrected chi connectivity index (χ1v) is 12.9. The van der Waals surface area contributed by atoms with Gasteiger partial charge in [-0.2, -0.15) is 0 Å². The van der Waals surface area contributed by atoms with E-state index in [1.54, 1.807) is 31.0 Å². The maximum atomic E-state index is 13.2. The van der Waals surface area contributed by atoms with Crippen molar-refractivity contribution in [2.24, 2.45) is 0 Å². The molecule has 2 atom stereocenters. The average molecular weight is 533 g/mol. The molecule has 4 bridgehead atoms. The zero-order chi connectivity index (χ0) is 27.7. The monoisotopic (exact) mass is 532 g/mol. The molecule has 10 nitrogen and oxygen atoms in total. The van der Waals surface area contributed by atoms with E-state index in [4.69, 9.17) is 14.0 Å². The first-order valence-electron chi connectivity index (χ1n) is 12.9. The highest BCUT2D eigenvalue weighted by Crippen LogP contribution is 2.28. The van der Waals surface area contributed by atoms with Gasteiger partial charge in [-0.1, -0.05) is 23.4 Å². The summed E-state index contributed by atoms with van der Waals surface area (Å²) in [5.41, 5.74) is 3.64. The predicted molar refractivity (Wildman–Crippen MR) is 141 cm³/mol. The molecule has 204 valence electrons. The summed E-state index contributed by atoms with van der Waals surface area (Å²) in [4.78, 5) is 42.4. The molecule has 5 rings (SSSR count). The molecule has 0 radical (unpaired) electrons. The lowest BCUT2D eigenvalue weighted by Crippen LogP contribution is -2.48. The van der Waals surface area contributed by atoms with Crippen LogP contribution in [0.15, 0.2) is 47.0 Å². The molecular formula is C29H32N4O6. The van der Waals surface area contributed by atoms with Crippen LogP contribution in [0.5, 0.6) is 11.5 Å². The van der Waals surface area contributed by atoms with Gasteiger partial charge in [0.15, 0.2) is 0 Å². The number of benzene rings is 2. The number of rotatable bonds is 2. The minimum atomic E-state index is -0.437. The summed E-state index contributed by atoms with van der Waals surface area (Å²) in [5, 5.41) is 6.93. The highest BCUT2D eigenvalue weighted by atomic mass is 16.5. The lowest BCUT2D eigenvalue weighted by molar-refractivity contribution is -0.130. The third-order valence-electron chi connectivity index (χ3n) is 7.23. The Morgan fingerprint density at radius 2 is 1.92 bits per heavy atom. The van der Waals surface area contributed by atoms with Gasteiger partial charge in [0, 0.05) is 31.3 Å². The number of likely N-dealkylation sites (N-methyl/N-ethyl adjacent to an activating group) is 1. The molecule has 0 aliphatic carbocycles. The fourth-order valence-electron chi connectivity index (χ4n) is 4.93. The molecule has 1 fully saturated rings. The summed E-state index contributed by atoms with van der Waals surface area (Å²) < 4.78 is 17.6. The molecular weight excluding hydrogens is 500 g/mol. The average Bonchev–Trinajstić information content (AvgIpc) is 3.45. The van der Waals surface area contributed by atoms with Crippen LogP contribution in [0, 0.1) is 20.8 Å². The summed E-state index contributed by atoms with van der Waals surface area (Å²) in [7, 11) is 1.58. The smallest absolute Gasteiger partial charge is 0.254 e. The second-order valence-electron chi connectivity index (χ2n) is 10.2. The Morgan fingerprint density at radius 3 is 2.69 bits per heavy atom. The second-order valence-corrected chi connectivity index (χ2v) is 10.2. The highest BCUT2D eigenvalue weighted by molar-refractivity contribution is 5.96. The molecule has 0 spiro atoms. The molecule has 0 unspecified atom stereocenters. The Morgan fingerprint density at radius 1 is 1.10 bits per heavy atom. The normalized spacial score (nSPS) is 19.9. The summed E-state index contributed by atoms with van der Waals surface area (Å²) >= 11 is 0. The topological polar surface area (TPSA) is 114 Å². The second kappa shape index (κ2) is 10.9. The van der Waals surface area contributed by atoms with Gasteiger partial charge in [0.2, 0.25) is 11.8 Å². The summed E-state index contributed by atoms with van der Waals surface area (Å²) in [5.74, 6) is 1.07. The van der Waals surface area contributed by atoms with Gasteiger partial charge in [0.25, 0.3) is 5.91 Å². The Labute approximate surface area is 226 Å². The number of amides is 3. The number of hydrogen-bond donors (Lipinski definition) is 1. The highest BCUT2D eigenvalue weighted by Gasteiger charge is 2.37. The molecule has 3 aromatic rings. The Hall–Kier alpha value is -4.18. The quantitative estimate of drug-likeness (QED) is 0.540. The number of nitrogens with one attached hydrogen (secondary N) is 1. The summed E-state index contributed by atoms with van der Waals surface area (Å²) in [6.45, 7) is 6.25. The zero-order valence-corrected chi connectivity index (χ0v) is 22.5. The van der Waals surface area contributed by atoms with E-state index in [2.05, 4.69) is 10.5 Å². The molecule has 2 aliphatic rings. The standard InChI is InChI=1S/C29H32N4O6/c1-17-8-9-21-11-25(17)38-22-7-5-6-20(10-22)16-37-26-14-33(28(35)12-23-18(2)31-39-19(23)3)13-24(26)30-27(34)15-32(4)29(21)36/h5-11,24,26H,12-16H2,1-4H3,(H,30,34)/t24-,26-/m0/s1. The molecule has 2 aliphatic heterocycles. The Kier molecular flexibility index (Phi) is 7.38. The molecule has 0 saturated carbocycles. The van der Waals surface area contributed by atoms with Crippen molar-refractivity contribution in [1.29, 1.82) is 0 Å². The van der Waals surface area contributed by atoms with Crippen LogP contribution in [-0.2, 0) is 27.4 Å². The van der Waals surface area contributed by atoms with Gasteiger partial charge in [-0.3, -0.25) is 14.4 Å². The molecule has 3 heterocycles. The van der Waals surface area contributed by atoms with Gasteiger partial charge in [-0.25, -0.2) is 0 Å². The Balaban J connectivity index is 1.40. The van der Waals surface area contributed by atoms with Crippen molar-refractivity contribution in [2.45, 2.75) is 45.9 Å². The number of carbonyl (C=O) groups is 3.